The number of rotatable bonds is 3. The average Bonchev–Trinajstić information content (AvgIpc) is 3.10. The third-order valence-electron chi connectivity index (χ3n) is 3.50. The molecule has 6 heteroatoms. The van der Waals surface area contributed by atoms with Gasteiger partial charge in [-0.05, 0) is 48.6 Å². The van der Waals surface area contributed by atoms with Crippen LogP contribution in [0.2, 0.25) is 0 Å². The molecule has 0 saturated carbocycles. The Morgan fingerprint density at radius 1 is 1.20 bits per heavy atom. The summed E-state index contributed by atoms with van der Waals surface area (Å²) in [6.07, 6.45) is 1.81. The van der Waals surface area contributed by atoms with Crippen LogP contribution < -0.4 is 0 Å². The van der Waals surface area contributed by atoms with Crippen molar-refractivity contribution in [2.45, 2.75) is 23.8 Å². The highest BCUT2D eigenvalue weighted by Crippen LogP contribution is 2.38. The molecule has 0 spiro atoms. The molecule has 0 bridgehead atoms. The van der Waals surface area contributed by atoms with Crippen LogP contribution in [-0.2, 0) is 10.0 Å². The van der Waals surface area contributed by atoms with Crippen molar-refractivity contribution >= 4 is 37.3 Å². The molecule has 1 aromatic carbocycles. The standard InChI is InChI=1S/C14H14BrNO2S2/c15-11-5-7-12(8-6-11)20(17,18)16-9-1-3-13(16)14-4-2-10-19-14/h2,4-8,10,13H,1,3,9H2. The van der Waals surface area contributed by atoms with Crippen LogP contribution in [0.4, 0.5) is 0 Å². The van der Waals surface area contributed by atoms with Gasteiger partial charge in [0.15, 0.2) is 0 Å². The third kappa shape index (κ3) is 2.57. The van der Waals surface area contributed by atoms with Crippen LogP contribution in [0.1, 0.15) is 23.8 Å². The Kier molecular flexibility index (Phi) is 3.99. The number of nitrogens with zero attached hydrogens (tertiary/aromatic N) is 1. The van der Waals surface area contributed by atoms with Crippen molar-refractivity contribution < 1.29 is 8.42 Å². The van der Waals surface area contributed by atoms with Crippen molar-refractivity contribution in [1.82, 2.24) is 4.31 Å². The summed E-state index contributed by atoms with van der Waals surface area (Å²) in [5.74, 6) is 0. The molecule has 2 heterocycles. The SMILES string of the molecule is O=S(=O)(c1ccc(Br)cc1)N1CCCC1c1cccs1. The van der Waals surface area contributed by atoms with E-state index in [-0.39, 0.29) is 6.04 Å². The molecule has 0 amide bonds. The maximum atomic E-state index is 12.8. The van der Waals surface area contributed by atoms with E-state index in [0.29, 0.717) is 11.4 Å². The molecule has 3 rings (SSSR count). The van der Waals surface area contributed by atoms with Gasteiger partial charge in [-0.25, -0.2) is 8.42 Å². The quantitative estimate of drug-likeness (QED) is 0.816. The molecule has 2 aromatic rings. The lowest BCUT2D eigenvalue weighted by molar-refractivity contribution is 0.401. The van der Waals surface area contributed by atoms with Crippen LogP contribution in [0.15, 0.2) is 51.1 Å². The first kappa shape index (κ1) is 14.3. The van der Waals surface area contributed by atoms with Crippen molar-refractivity contribution in [2.75, 3.05) is 6.54 Å². The van der Waals surface area contributed by atoms with Crippen molar-refractivity contribution in [3.05, 3.63) is 51.1 Å². The molecule has 1 aliphatic rings. The van der Waals surface area contributed by atoms with Gasteiger partial charge in [-0.1, -0.05) is 22.0 Å². The summed E-state index contributed by atoms with van der Waals surface area (Å²) in [6.45, 7) is 0.598. The first-order valence-electron chi connectivity index (χ1n) is 6.40. The summed E-state index contributed by atoms with van der Waals surface area (Å²) in [5, 5.41) is 2.00. The first-order valence-corrected chi connectivity index (χ1v) is 9.51. The third-order valence-corrected chi connectivity index (χ3v) is 6.92. The molecular formula is C14H14BrNO2S2. The molecule has 0 radical (unpaired) electrons. The summed E-state index contributed by atoms with van der Waals surface area (Å²) in [6, 6.07) is 10.8. The number of sulfonamides is 1. The normalized spacial score (nSPS) is 20.4. The molecule has 1 atom stereocenters. The molecule has 1 fully saturated rings. The Balaban J connectivity index is 1.96. The fourth-order valence-corrected chi connectivity index (χ4v) is 5.41. The van der Waals surface area contributed by atoms with E-state index in [1.54, 1.807) is 39.9 Å². The first-order chi connectivity index (χ1) is 9.59. The zero-order valence-corrected chi connectivity index (χ0v) is 13.9. The largest absolute Gasteiger partial charge is 0.243 e. The minimum absolute atomic E-state index is 0.0105. The van der Waals surface area contributed by atoms with Gasteiger partial charge < -0.3 is 0 Å². The smallest absolute Gasteiger partial charge is 0.207 e. The number of hydrogen-bond donors (Lipinski definition) is 0. The van der Waals surface area contributed by atoms with Gasteiger partial charge in [0, 0.05) is 15.9 Å². The molecule has 1 aliphatic heterocycles. The summed E-state index contributed by atoms with van der Waals surface area (Å²) in [4.78, 5) is 1.49. The summed E-state index contributed by atoms with van der Waals surface area (Å²) in [5.41, 5.74) is 0. The van der Waals surface area contributed by atoms with E-state index in [2.05, 4.69) is 15.9 Å². The molecule has 1 saturated heterocycles. The van der Waals surface area contributed by atoms with E-state index >= 15 is 0 Å². The monoisotopic (exact) mass is 371 g/mol. The van der Waals surface area contributed by atoms with Crippen molar-refractivity contribution in [3.8, 4) is 0 Å². The predicted molar refractivity (Wildman–Crippen MR) is 84.3 cm³/mol. The average molecular weight is 372 g/mol. The van der Waals surface area contributed by atoms with Gasteiger partial charge >= 0.3 is 0 Å². The Labute approximate surface area is 131 Å². The van der Waals surface area contributed by atoms with E-state index in [1.807, 2.05) is 17.5 Å². The minimum atomic E-state index is -3.41. The molecule has 1 aromatic heterocycles. The summed E-state index contributed by atoms with van der Waals surface area (Å²) < 4.78 is 28.1. The zero-order valence-electron chi connectivity index (χ0n) is 10.7. The van der Waals surface area contributed by atoms with Gasteiger partial charge in [0.25, 0.3) is 0 Å². The molecule has 20 heavy (non-hydrogen) atoms. The van der Waals surface area contributed by atoms with Crippen LogP contribution in [0.25, 0.3) is 0 Å². The van der Waals surface area contributed by atoms with Crippen molar-refractivity contribution in [3.63, 3.8) is 0 Å². The summed E-state index contributed by atoms with van der Waals surface area (Å²) >= 11 is 4.96. The molecule has 106 valence electrons. The van der Waals surface area contributed by atoms with E-state index in [1.165, 1.54) is 0 Å². The number of thiophene rings is 1. The zero-order chi connectivity index (χ0) is 14.2. The number of halogens is 1. The number of hydrogen-bond acceptors (Lipinski definition) is 3. The van der Waals surface area contributed by atoms with Crippen molar-refractivity contribution in [2.24, 2.45) is 0 Å². The van der Waals surface area contributed by atoms with E-state index < -0.39 is 10.0 Å². The Morgan fingerprint density at radius 2 is 1.95 bits per heavy atom. The van der Waals surface area contributed by atoms with Gasteiger partial charge in [0.05, 0.1) is 10.9 Å². The minimum Gasteiger partial charge on any atom is -0.207 e. The lowest BCUT2D eigenvalue weighted by Crippen LogP contribution is -2.30. The second-order valence-electron chi connectivity index (χ2n) is 4.74. The van der Waals surface area contributed by atoms with Gasteiger partial charge in [0.2, 0.25) is 10.0 Å². The predicted octanol–water partition coefficient (Wildman–Crippen LogP) is 4.04. The summed E-state index contributed by atoms with van der Waals surface area (Å²) in [7, 11) is -3.41. The van der Waals surface area contributed by atoms with E-state index in [4.69, 9.17) is 0 Å². The second kappa shape index (κ2) is 5.60. The van der Waals surface area contributed by atoms with Gasteiger partial charge in [0.1, 0.15) is 0 Å². The highest BCUT2D eigenvalue weighted by molar-refractivity contribution is 9.10. The Bertz CT molecular complexity index is 680. The molecule has 1 unspecified atom stereocenters. The van der Waals surface area contributed by atoms with Gasteiger partial charge in [-0.2, -0.15) is 4.31 Å². The fourth-order valence-electron chi connectivity index (χ4n) is 2.54. The van der Waals surface area contributed by atoms with Gasteiger partial charge in [-0.15, -0.1) is 11.3 Å². The topological polar surface area (TPSA) is 37.4 Å². The van der Waals surface area contributed by atoms with Gasteiger partial charge in [-0.3, -0.25) is 0 Å². The second-order valence-corrected chi connectivity index (χ2v) is 8.53. The van der Waals surface area contributed by atoms with E-state index in [9.17, 15) is 8.42 Å². The molecule has 0 N–H and O–H groups in total. The van der Waals surface area contributed by atoms with Crippen molar-refractivity contribution in [1.29, 1.82) is 0 Å². The maximum Gasteiger partial charge on any atom is 0.243 e. The van der Waals surface area contributed by atoms with E-state index in [0.717, 1.165) is 22.2 Å². The Hall–Kier alpha value is -0.690. The van der Waals surface area contributed by atoms with Crippen LogP contribution in [0.3, 0.4) is 0 Å². The lowest BCUT2D eigenvalue weighted by atomic mass is 10.2. The number of benzene rings is 1. The van der Waals surface area contributed by atoms with Crippen LogP contribution >= 0.6 is 27.3 Å². The molecule has 3 nitrogen and oxygen atoms in total. The maximum absolute atomic E-state index is 12.8. The fraction of sp³-hybridized carbons (Fsp3) is 0.286. The highest BCUT2D eigenvalue weighted by Gasteiger charge is 2.36. The van der Waals surface area contributed by atoms with Crippen LogP contribution in [0.5, 0.6) is 0 Å². The molecule has 0 aliphatic carbocycles. The lowest BCUT2D eigenvalue weighted by Gasteiger charge is -2.23. The Morgan fingerprint density at radius 3 is 2.60 bits per heavy atom. The van der Waals surface area contributed by atoms with Crippen LogP contribution in [0, 0.1) is 0 Å². The highest BCUT2D eigenvalue weighted by atomic mass is 79.9. The van der Waals surface area contributed by atoms with Crippen LogP contribution in [-0.4, -0.2) is 19.3 Å². The molecular weight excluding hydrogens is 358 g/mol.